The standard InChI is InChI=1S/C30H50/c1-20(2)21-12-16-27(5)18-19-29(7)22(25(21)27)10-11-24-28(6)15-9-14-26(3,4)23(28)13-17-30(24,29)8/h9,15,20-25H,10-14,16-19H2,1-8H3/t21-,22+,23-,24+,25+,27+,28-,29+,30-/m0/s1. The highest BCUT2D eigenvalue weighted by molar-refractivity contribution is 5.23. The van der Waals surface area contributed by atoms with Gasteiger partial charge in [-0.3, -0.25) is 0 Å². The molecule has 0 aromatic rings. The lowest BCUT2D eigenvalue weighted by Crippen LogP contribution is -2.64. The lowest BCUT2D eigenvalue weighted by molar-refractivity contribution is -0.219. The Bertz CT molecular complexity index is 728. The van der Waals surface area contributed by atoms with Gasteiger partial charge in [0.1, 0.15) is 0 Å². The van der Waals surface area contributed by atoms with Gasteiger partial charge in [0.05, 0.1) is 0 Å². The van der Waals surface area contributed by atoms with Crippen molar-refractivity contribution in [2.24, 2.45) is 62.6 Å². The van der Waals surface area contributed by atoms with Crippen LogP contribution in [0, 0.1) is 62.6 Å². The minimum absolute atomic E-state index is 0.413. The second-order valence-electron chi connectivity index (χ2n) is 14.8. The van der Waals surface area contributed by atoms with Crippen LogP contribution in [-0.2, 0) is 0 Å². The summed E-state index contributed by atoms with van der Waals surface area (Å²) in [6.07, 6.45) is 18.5. The minimum Gasteiger partial charge on any atom is -0.0874 e. The molecule has 0 nitrogen and oxygen atoms in total. The highest BCUT2D eigenvalue weighted by atomic mass is 14.7. The SMILES string of the molecule is CC(C)[C@@H]1CC[C@]2(C)CC[C@]3(C)[C@H](CC[C@@H]4[C@@]5(C)C=CCC(C)(C)[C@@H]5CC[C@@]43C)[C@@H]12. The summed E-state index contributed by atoms with van der Waals surface area (Å²) >= 11 is 0. The maximum Gasteiger partial charge on any atom is -0.00795 e. The lowest BCUT2D eigenvalue weighted by Gasteiger charge is -2.72. The van der Waals surface area contributed by atoms with Gasteiger partial charge in [0.15, 0.2) is 0 Å². The van der Waals surface area contributed by atoms with E-state index in [-0.39, 0.29) is 0 Å². The molecule has 0 aromatic heterocycles. The fourth-order valence-electron chi connectivity index (χ4n) is 11.3. The van der Waals surface area contributed by atoms with Crippen molar-refractivity contribution in [3.63, 3.8) is 0 Å². The van der Waals surface area contributed by atoms with Crippen LogP contribution in [0.1, 0.15) is 113 Å². The summed E-state index contributed by atoms with van der Waals surface area (Å²) in [5, 5.41) is 0. The summed E-state index contributed by atoms with van der Waals surface area (Å²) in [5.74, 6) is 5.53. The predicted octanol–water partition coefficient (Wildman–Crippen LogP) is 8.91. The highest BCUT2D eigenvalue weighted by Gasteiger charge is 2.69. The summed E-state index contributed by atoms with van der Waals surface area (Å²) in [5.41, 5.74) is 2.58. The smallest absolute Gasteiger partial charge is 0.00795 e. The van der Waals surface area contributed by atoms with Crippen molar-refractivity contribution in [2.45, 2.75) is 113 Å². The average molecular weight is 411 g/mol. The van der Waals surface area contributed by atoms with Gasteiger partial charge in [-0.15, -0.1) is 0 Å². The molecule has 0 unspecified atom stereocenters. The van der Waals surface area contributed by atoms with Crippen molar-refractivity contribution >= 4 is 0 Å². The van der Waals surface area contributed by atoms with Crippen LogP contribution in [0.5, 0.6) is 0 Å². The molecule has 170 valence electrons. The Balaban J connectivity index is 1.56. The molecule has 0 heteroatoms. The molecule has 0 aromatic carbocycles. The van der Waals surface area contributed by atoms with E-state index in [1.807, 2.05) is 0 Å². The van der Waals surface area contributed by atoms with Crippen molar-refractivity contribution in [3.05, 3.63) is 12.2 Å². The molecule has 5 aliphatic carbocycles. The second kappa shape index (κ2) is 6.41. The Hall–Kier alpha value is -0.260. The van der Waals surface area contributed by atoms with Crippen molar-refractivity contribution in [1.82, 2.24) is 0 Å². The second-order valence-corrected chi connectivity index (χ2v) is 14.8. The molecule has 5 aliphatic rings. The monoisotopic (exact) mass is 410 g/mol. The van der Waals surface area contributed by atoms with E-state index in [1.54, 1.807) is 0 Å². The normalized spacial score (nSPS) is 56.8. The van der Waals surface area contributed by atoms with Crippen molar-refractivity contribution in [1.29, 1.82) is 0 Å². The predicted molar refractivity (Wildman–Crippen MR) is 129 cm³/mol. The van der Waals surface area contributed by atoms with Crippen LogP contribution in [0.3, 0.4) is 0 Å². The fourth-order valence-corrected chi connectivity index (χ4v) is 11.3. The Morgan fingerprint density at radius 2 is 1.47 bits per heavy atom. The van der Waals surface area contributed by atoms with E-state index in [0.717, 1.165) is 35.5 Å². The molecular weight excluding hydrogens is 360 g/mol. The van der Waals surface area contributed by atoms with E-state index >= 15 is 0 Å². The summed E-state index contributed by atoms with van der Waals surface area (Å²) in [6, 6.07) is 0. The van der Waals surface area contributed by atoms with Crippen LogP contribution in [-0.4, -0.2) is 0 Å². The lowest BCUT2D eigenvalue weighted by atomic mass is 9.33. The zero-order valence-corrected chi connectivity index (χ0v) is 21.5. The molecule has 9 atom stereocenters. The number of allylic oxidation sites excluding steroid dienone is 2. The van der Waals surface area contributed by atoms with Crippen LogP contribution in [0.4, 0.5) is 0 Å². The van der Waals surface area contributed by atoms with Gasteiger partial charge in [0.25, 0.3) is 0 Å². The topological polar surface area (TPSA) is 0 Å². The molecule has 0 spiro atoms. The van der Waals surface area contributed by atoms with E-state index in [0.29, 0.717) is 27.1 Å². The Morgan fingerprint density at radius 1 is 0.733 bits per heavy atom. The first-order valence-electron chi connectivity index (χ1n) is 13.6. The molecule has 0 saturated heterocycles. The van der Waals surface area contributed by atoms with Crippen molar-refractivity contribution < 1.29 is 0 Å². The van der Waals surface area contributed by atoms with Gasteiger partial charge in [-0.25, -0.2) is 0 Å². The van der Waals surface area contributed by atoms with Crippen LogP contribution in [0.2, 0.25) is 0 Å². The zero-order valence-electron chi connectivity index (χ0n) is 21.5. The number of hydrogen-bond acceptors (Lipinski definition) is 0. The van der Waals surface area contributed by atoms with Crippen LogP contribution < -0.4 is 0 Å². The largest absolute Gasteiger partial charge is 0.0874 e. The Labute approximate surface area is 188 Å². The van der Waals surface area contributed by atoms with Crippen LogP contribution in [0.15, 0.2) is 12.2 Å². The van der Waals surface area contributed by atoms with Gasteiger partial charge < -0.3 is 0 Å². The molecule has 4 fully saturated rings. The zero-order chi connectivity index (χ0) is 21.7. The third-order valence-corrected chi connectivity index (χ3v) is 13.0. The Kier molecular flexibility index (Phi) is 4.61. The highest BCUT2D eigenvalue weighted by Crippen LogP contribution is 2.76. The number of hydrogen-bond donors (Lipinski definition) is 0. The minimum atomic E-state index is 0.413. The summed E-state index contributed by atoms with van der Waals surface area (Å²) < 4.78 is 0. The molecule has 0 bridgehead atoms. The molecule has 0 heterocycles. The average Bonchev–Trinajstić information content (AvgIpc) is 2.99. The molecule has 0 N–H and O–H groups in total. The van der Waals surface area contributed by atoms with E-state index < -0.39 is 0 Å². The number of rotatable bonds is 1. The van der Waals surface area contributed by atoms with Crippen molar-refractivity contribution in [3.8, 4) is 0 Å². The van der Waals surface area contributed by atoms with E-state index in [1.165, 1.54) is 57.8 Å². The Morgan fingerprint density at radius 3 is 2.17 bits per heavy atom. The van der Waals surface area contributed by atoms with Gasteiger partial charge in [-0.05, 0) is 120 Å². The maximum absolute atomic E-state index is 2.79. The molecule has 0 amide bonds. The molecule has 4 saturated carbocycles. The van der Waals surface area contributed by atoms with Gasteiger partial charge >= 0.3 is 0 Å². The van der Waals surface area contributed by atoms with Crippen LogP contribution >= 0.6 is 0 Å². The number of fused-ring (bicyclic) bond motifs is 7. The maximum atomic E-state index is 2.79. The molecule has 0 radical (unpaired) electrons. The van der Waals surface area contributed by atoms with E-state index in [2.05, 4.69) is 67.5 Å². The van der Waals surface area contributed by atoms with E-state index in [9.17, 15) is 0 Å². The molecule has 30 heavy (non-hydrogen) atoms. The molecule has 5 rings (SSSR count). The van der Waals surface area contributed by atoms with Gasteiger partial charge in [-0.2, -0.15) is 0 Å². The summed E-state index contributed by atoms with van der Waals surface area (Å²) in [4.78, 5) is 0. The summed E-state index contributed by atoms with van der Waals surface area (Å²) in [7, 11) is 0. The van der Waals surface area contributed by atoms with E-state index in [4.69, 9.17) is 0 Å². The first kappa shape index (κ1) is 21.6. The first-order chi connectivity index (χ1) is 13.9. The summed E-state index contributed by atoms with van der Waals surface area (Å²) in [6.45, 7) is 21.1. The fraction of sp³-hybridized carbons (Fsp3) is 0.933. The first-order valence-corrected chi connectivity index (χ1v) is 13.6. The third kappa shape index (κ3) is 2.52. The van der Waals surface area contributed by atoms with Gasteiger partial charge in [0.2, 0.25) is 0 Å². The molecular formula is C30H50. The molecule has 0 aliphatic heterocycles. The van der Waals surface area contributed by atoms with Gasteiger partial charge in [-0.1, -0.05) is 67.5 Å². The van der Waals surface area contributed by atoms with Crippen LogP contribution in [0.25, 0.3) is 0 Å². The third-order valence-electron chi connectivity index (χ3n) is 13.0. The van der Waals surface area contributed by atoms with Gasteiger partial charge in [0, 0.05) is 0 Å². The van der Waals surface area contributed by atoms with Crippen molar-refractivity contribution in [2.75, 3.05) is 0 Å². The quantitative estimate of drug-likeness (QED) is 0.378.